The highest BCUT2D eigenvalue weighted by Crippen LogP contribution is 2.22. The molecule has 1 aromatic carbocycles. The minimum atomic E-state index is 0.0102. The van der Waals surface area contributed by atoms with Gasteiger partial charge in [-0.3, -0.25) is 0 Å². The van der Waals surface area contributed by atoms with Gasteiger partial charge in [-0.25, -0.2) is 0 Å². The summed E-state index contributed by atoms with van der Waals surface area (Å²) >= 11 is 3.99. The summed E-state index contributed by atoms with van der Waals surface area (Å²) < 4.78 is 1.23. The van der Waals surface area contributed by atoms with E-state index in [9.17, 15) is 0 Å². The molecule has 2 rings (SSSR count). The van der Waals surface area contributed by atoms with Crippen molar-refractivity contribution in [3.8, 4) is 0 Å². The maximum absolute atomic E-state index is 6.13. The Balaban J connectivity index is 2.32. The quantitative estimate of drug-likeness (QED) is 0.845. The average molecular weight is 315 g/mol. The smallest absolute Gasteiger partial charge is 0.0560 e. The van der Waals surface area contributed by atoms with Crippen molar-refractivity contribution in [3.05, 3.63) is 55.8 Å². The van der Waals surface area contributed by atoms with Crippen LogP contribution in [0.4, 0.5) is 0 Å². The van der Waals surface area contributed by atoms with Crippen LogP contribution in [0.2, 0.25) is 0 Å². The Morgan fingerprint density at radius 2 is 2.07 bits per heavy atom. The molecule has 0 aliphatic carbocycles. The Labute approximate surface area is 101 Å². The van der Waals surface area contributed by atoms with Crippen molar-refractivity contribution in [1.82, 2.24) is 0 Å². The number of benzene rings is 1. The zero-order valence-corrected chi connectivity index (χ0v) is 10.5. The first-order valence-corrected chi connectivity index (χ1v) is 6.32. The molecule has 0 unspecified atom stereocenters. The molecule has 0 saturated carbocycles. The lowest BCUT2D eigenvalue weighted by Gasteiger charge is -2.10. The van der Waals surface area contributed by atoms with Crippen LogP contribution >= 0.6 is 33.9 Å². The van der Waals surface area contributed by atoms with Crippen molar-refractivity contribution in [2.24, 2.45) is 5.73 Å². The van der Waals surface area contributed by atoms with Crippen molar-refractivity contribution >= 4 is 33.9 Å². The van der Waals surface area contributed by atoms with Gasteiger partial charge in [-0.05, 0) is 62.7 Å². The van der Waals surface area contributed by atoms with Crippen LogP contribution in [0.1, 0.15) is 17.2 Å². The van der Waals surface area contributed by atoms with Crippen molar-refractivity contribution in [3.63, 3.8) is 0 Å². The summed E-state index contributed by atoms with van der Waals surface area (Å²) in [5, 5.41) is 4.16. The Hall–Kier alpha value is -0.390. The van der Waals surface area contributed by atoms with Gasteiger partial charge in [0.15, 0.2) is 0 Å². The molecular weight excluding hydrogens is 305 g/mol. The van der Waals surface area contributed by atoms with E-state index in [2.05, 4.69) is 57.6 Å². The second-order valence-electron chi connectivity index (χ2n) is 3.09. The molecule has 0 aliphatic rings. The number of hydrogen-bond donors (Lipinski definition) is 1. The molecule has 0 bridgehead atoms. The van der Waals surface area contributed by atoms with Gasteiger partial charge < -0.3 is 5.73 Å². The van der Waals surface area contributed by atoms with E-state index in [1.807, 2.05) is 6.07 Å². The van der Waals surface area contributed by atoms with Gasteiger partial charge >= 0.3 is 0 Å². The summed E-state index contributed by atoms with van der Waals surface area (Å²) in [4.78, 5) is 0. The molecule has 0 radical (unpaired) electrons. The van der Waals surface area contributed by atoms with Gasteiger partial charge in [0.25, 0.3) is 0 Å². The van der Waals surface area contributed by atoms with Crippen molar-refractivity contribution in [2.75, 3.05) is 0 Å². The molecule has 0 aliphatic heterocycles. The number of nitrogens with two attached hydrogens (primary N) is 1. The van der Waals surface area contributed by atoms with E-state index in [0.29, 0.717) is 0 Å². The molecule has 0 saturated heterocycles. The Kier molecular flexibility index (Phi) is 3.20. The molecule has 0 spiro atoms. The standard InChI is InChI=1S/C11H10INS/c12-10-3-1-2-8(6-10)11(13)9-4-5-14-7-9/h1-7,11H,13H2/t11-/m0/s1. The summed E-state index contributed by atoms with van der Waals surface area (Å²) in [6.45, 7) is 0. The highest BCUT2D eigenvalue weighted by atomic mass is 127. The molecule has 3 heteroatoms. The third kappa shape index (κ3) is 2.16. The maximum atomic E-state index is 6.13. The molecule has 2 N–H and O–H groups in total. The molecule has 0 amide bonds. The lowest BCUT2D eigenvalue weighted by molar-refractivity contribution is 0.876. The van der Waals surface area contributed by atoms with Crippen LogP contribution in [-0.2, 0) is 0 Å². The van der Waals surface area contributed by atoms with Gasteiger partial charge in [-0.15, -0.1) is 0 Å². The average Bonchev–Trinajstić information content (AvgIpc) is 2.69. The first-order valence-electron chi connectivity index (χ1n) is 4.30. The predicted molar refractivity (Wildman–Crippen MR) is 69.5 cm³/mol. The first-order chi connectivity index (χ1) is 6.77. The summed E-state index contributed by atoms with van der Waals surface area (Å²) in [6.07, 6.45) is 0. The summed E-state index contributed by atoms with van der Waals surface area (Å²) in [5.74, 6) is 0. The second-order valence-corrected chi connectivity index (χ2v) is 5.12. The molecule has 14 heavy (non-hydrogen) atoms. The van der Waals surface area contributed by atoms with Gasteiger partial charge in [-0.1, -0.05) is 12.1 Å². The fourth-order valence-electron chi connectivity index (χ4n) is 1.34. The molecule has 2 aromatic rings. The molecule has 1 heterocycles. The van der Waals surface area contributed by atoms with E-state index >= 15 is 0 Å². The van der Waals surface area contributed by atoms with Crippen LogP contribution in [0.3, 0.4) is 0 Å². The van der Waals surface area contributed by atoms with Crippen molar-refractivity contribution in [1.29, 1.82) is 0 Å². The molecule has 1 aromatic heterocycles. The normalized spacial score (nSPS) is 12.7. The zero-order valence-electron chi connectivity index (χ0n) is 7.48. The molecular formula is C11H10INS. The zero-order chi connectivity index (χ0) is 9.97. The minimum Gasteiger partial charge on any atom is -0.320 e. The highest BCUT2D eigenvalue weighted by molar-refractivity contribution is 14.1. The number of halogens is 1. The minimum absolute atomic E-state index is 0.0102. The fourth-order valence-corrected chi connectivity index (χ4v) is 2.61. The lowest BCUT2D eigenvalue weighted by atomic mass is 10.0. The topological polar surface area (TPSA) is 26.0 Å². The van der Waals surface area contributed by atoms with Gasteiger partial charge in [0.1, 0.15) is 0 Å². The third-order valence-corrected chi connectivity index (χ3v) is 3.48. The van der Waals surface area contributed by atoms with Gasteiger partial charge in [0.05, 0.1) is 6.04 Å². The first kappa shape index (κ1) is 10.1. The molecule has 0 fully saturated rings. The number of hydrogen-bond acceptors (Lipinski definition) is 2. The third-order valence-electron chi connectivity index (χ3n) is 2.11. The van der Waals surface area contributed by atoms with Crippen molar-refractivity contribution < 1.29 is 0 Å². The van der Waals surface area contributed by atoms with Crippen LogP contribution in [0, 0.1) is 3.57 Å². The summed E-state index contributed by atoms with van der Waals surface area (Å²) in [7, 11) is 0. The summed E-state index contributed by atoms with van der Waals surface area (Å²) in [5.41, 5.74) is 8.50. The lowest BCUT2D eigenvalue weighted by Crippen LogP contribution is -2.10. The molecule has 1 atom stereocenters. The van der Waals surface area contributed by atoms with E-state index in [0.717, 1.165) is 0 Å². The van der Waals surface area contributed by atoms with E-state index in [1.54, 1.807) is 11.3 Å². The largest absolute Gasteiger partial charge is 0.320 e. The van der Waals surface area contributed by atoms with E-state index in [-0.39, 0.29) is 6.04 Å². The summed E-state index contributed by atoms with van der Waals surface area (Å²) in [6, 6.07) is 10.4. The van der Waals surface area contributed by atoms with Crippen molar-refractivity contribution in [2.45, 2.75) is 6.04 Å². The van der Waals surface area contributed by atoms with Crippen LogP contribution < -0.4 is 5.73 Å². The highest BCUT2D eigenvalue weighted by Gasteiger charge is 2.08. The van der Waals surface area contributed by atoms with Crippen LogP contribution in [0.15, 0.2) is 41.1 Å². The monoisotopic (exact) mass is 315 g/mol. The Bertz CT molecular complexity index is 411. The second kappa shape index (κ2) is 4.42. The predicted octanol–water partition coefficient (Wildman–Crippen LogP) is 3.40. The Morgan fingerprint density at radius 3 is 2.71 bits per heavy atom. The van der Waals surface area contributed by atoms with Crippen LogP contribution in [-0.4, -0.2) is 0 Å². The Morgan fingerprint density at radius 1 is 1.21 bits per heavy atom. The van der Waals surface area contributed by atoms with Gasteiger partial charge in [0, 0.05) is 3.57 Å². The van der Waals surface area contributed by atoms with E-state index in [1.165, 1.54) is 14.7 Å². The number of rotatable bonds is 2. The maximum Gasteiger partial charge on any atom is 0.0560 e. The fraction of sp³-hybridized carbons (Fsp3) is 0.0909. The van der Waals surface area contributed by atoms with Gasteiger partial charge in [-0.2, -0.15) is 11.3 Å². The van der Waals surface area contributed by atoms with Gasteiger partial charge in [0.2, 0.25) is 0 Å². The van der Waals surface area contributed by atoms with Crippen LogP contribution in [0.25, 0.3) is 0 Å². The van der Waals surface area contributed by atoms with E-state index < -0.39 is 0 Å². The molecule has 72 valence electrons. The SMILES string of the molecule is N[C@H](c1ccsc1)c1cccc(I)c1. The number of thiophene rings is 1. The van der Waals surface area contributed by atoms with Crippen LogP contribution in [0.5, 0.6) is 0 Å². The molecule has 1 nitrogen and oxygen atoms in total. The van der Waals surface area contributed by atoms with E-state index in [4.69, 9.17) is 5.73 Å².